The minimum Gasteiger partial charge on any atom is -0.317 e. The summed E-state index contributed by atoms with van der Waals surface area (Å²) >= 11 is 0. The van der Waals surface area contributed by atoms with Gasteiger partial charge in [0, 0.05) is 6.04 Å². The summed E-state index contributed by atoms with van der Waals surface area (Å²) in [6.07, 6.45) is 23.3. The maximum absolute atomic E-state index is 8.89. The number of unbranched alkanes of at least 4 members (excludes halogenated alkanes) is 14. The lowest BCUT2D eigenvalue weighted by Crippen LogP contribution is -2.24. The third-order valence-corrected chi connectivity index (χ3v) is 4.83. The van der Waals surface area contributed by atoms with E-state index in [-0.39, 0.29) is 0 Å². The van der Waals surface area contributed by atoms with Crippen molar-refractivity contribution in [3.63, 3.8) is 0 Å². The lowest BCUT2D eigenvalue weighted by atomic mass is 10.0. The molecule has 1 unspecified atom stereocenters. The van der Waals surface area contributed by atoms with Crippen LogP contribution in [0.2, 0.25) is 0 Å². The number of hydrogen-bond donors (Lipinski definition) is 2. The molecule has 0 aliphatic rings. The van der Waals surface area contributed by atoms with Gasteiger partial charge in [-0.25, -0.2) is 5.48 Å². The Bertz CT molecular complexity index is 192. The second-order valence-corrected chi connectivity index (χ2v) is 6.97. The molecule has 0 heterocycles. The van der Waals surface area contributed by atoms with Gasteiger partial charge in [0.25, 0.3) is 0 Å². The number of rotatable bonds is 18. The van der Waals surface area contributed by atoms with Crippen molar-refractivity contribution in [2.24, 2.45) is 0 Å². The fraction of sp³-hybridized carbons (Fsp3) is 1.00. The van der Waals surface area contributed by atoms with E-state index in [2.05, 4.69) is 19.3 Å². The van der Waals surface area contributed by atoms with Gasteiger partial charge >= 0.3 is 0 Å². The van der Waals surface area contributed by atoms with Gasteiger partial charge in [0.05, 0.1) is 0 Å². The molecule has 0 saturated carbocycles. The molecule has 0 aliphatic heterocycles. The van der Waals surface area contributed by atoms with Gasteiger partial charge in [-0.05, 0) is 12.8 Å². The summed E-state index contributed by atoms with van der Waals surface area (Å²) in [5, 5.41) is 8.89. The third kappa shape index (κ3) is 16.3. The van der Waals surface area contributed by atoms with Gasteiger partial charge < -0.3 is 5.21 Å². The Kier molecular flexibility index (Phi) is 18.9. The van der Waals surface area contributed by atoms with Crippen molar-refractivity contribution in [3.05, 3.63) is 0 Å². The summed E-state index contributed by atoms with van der Waals surface area (Å²) in [6, 6.07) is 0.307. The Balaban J connectivity index is 3.02. The predicted octanol–water partition coefficient (Wildman–Crippen LogP) is 7.01. The molecule has 0 saturated heterocycles. The van der Waals surface area contributed by atoms with E-state index in [1.54, 1.807) is 0 Å². The van der Waals surface area contributed by atoms with Crippen molar-refractivity contribution in [3.8, 4) is 0 Å². The molecular formula is C20H43NO. The second kappa shape index (κ2) is 19.0. The van der Waals surface area contributed by atoms with Crippen molar-refractivity contribution < 1.29 is 5.21 Å². The van der Waals surface area contributed by atoms with E-state index in [0.29, 0.717) is 6.04 Å². The molecule has 0 aromatic heterocycles. The second-order valence-electron chi connectivity index (χ2n) is 6.97. The van der Waals surface area contributed by atoms with Crippen molar-refractivity contribution in [1.29, 1.82) is 0 Å². The van der Waals surface area contributed by atoms with Crippen molar-refractivity contribution in [2.75, 3.05) is 0 Å². The maximum atomic E-state index is 8.89. The van der Waals surface area contributed by atoms with Crippen molar-refractivity contribution >= 4 is 0 Å². The minimum absolute atomic E-state index is 0.307. The van der Waals surface area contributed by atoms with E-state index in [9.17, 15) is 0 Å². The summed E-state index contributed by atoms with van der Waals surface area (Å²) in [5.41, 5.74) is 2.40. The summed E-state index contributed by atoms with van der Waals surface area (Å²) in [4.78, 5) is 0. The zero-order chi connectivity index (χ0) is 16.3. The Hall–Kier alpha value is -0.0800. The van der Waals surface area contributed by atoms with Crippen LogP contribution in [0.3, 0.4) is 0 Å². The fourth-order valence-corrected chi connectivity index (χ4v) is 3.12. The van der Waals surface area contributed by atoms with Gasteiger partial charge in [-0.1, -0.05) is 110 Å². The minimum atomic E-state index is 0.307. The Morgan fingerprint density at radius 2 is 0.955 bits per heavy atom. The molecule has 1 atom stereocenters. The quantitative estimate of drug-likeness (QED) is 0.211. The van der Waals surface area contributed by atoms with Gasteiger partial charge in [-0.3, -0.25) is 0 Å². The van der Waals surface area contributed by atoms with Crippen LogP contribution in [0.15, 0.2) is 0 Å². The molecule has 0 rings (SSSR count). The molecule has 0 bridgehead atoms. The standard InChI is InChI=1S/C20H43NO/c1-3-5-6-7-8-9-10-11-12-13-14-15-16-17-18-19-20(4-2)21-22/h20-22H,3-19H2,1-2H3. The lowest BCUT2D eigenvalue weighted by molar-refractivity contribution is 0.118. The van der Waals surface area contributed by atoms with E-state index in [0.717, 1.165) is 12.8 Å². The SMILES string of the molecule is CCCCCCCCCCCCCCCCCC(CC)NO. The molecule has 0 spiro atoms. The van der Waals surface area contributed by atoms with Crippen LogP contribution in [-0.2, 0) is 0 Å². The molecule has 2 heteroatoms. The highest BCUT2D eigenvalue weighted by molar-refractivity contribution is 4.59. The Morgan fingerprint density at radius 3 is 1.27 bits per heavy atom. The normalized spacial score (nSPS) is 12.7. The maximum Gasteiger partial charge on any atom is 0.0317 e. The van der Waals surface area contributed by atoms with Crippen LogP contribution < -0.4 is 5.48 Å². The summed E-state index contributed by atoms with van der Waals surface area (Å²) in [6.45, 7) is 4.41. The first kappa shape index (κ1) is 21.9. The van der Waals surface area contributed by atoms with Crippen molar-refractivity contribution in [1.82, 2.24) is 5.48 Å². The number of nitrogens with one attached hydrogen (secondary N) is 1. The lowest BCUT2D eigenvalue weighted by Gasteiger charge is -2.11. The zero-order valence-corrected chi connectivity index (χ0v) is 15.5. The van der Waals surface area contributed by atoms with Crippen LogP contribution in [0.25, 0.3) is 0 Å². The summed E-state index contributed by atoms with van der Waals surface area (Å²) < 4.78 is 0. The molecule has 2 N–H and O–H groups in total. The van der Waals surface area contributed by atoms with E-state index < -0.39 is 0 Å². The van der Waals surface area contributed by atoms with E-state index in [1.165, 1.54) is 96.3 Å². The highest BCUT2D eigenvalue weighted by atomic mass is 16.5. The Morgan fingerprint density at radius 1 is 0.591 bits per heavy atom. The van der Waals surface area contributed by atoms with Crippen LogP contribution in [0.5, 0.6) is 0 Å². The number of hydrogen-bond acceptors (Lipinski definition) is 2. The van der Waals surface area contributed by atoms with E-state index in [1.807, 2.05) is 0 Å². The van der Waals surface area contributed by atoms with Crippen LogP contribution in [0.1, 0.15) is 123 Å². The summed E-state index contributed by atoms with van der Waals surface area (Å²) in [7, 11) is 0. The average molecular weight is 314 g/mol. The molecule has 0 fully saturated rings. The zero-order valence-electron chi connectivity index (χ0n) is 15.5. The van der Waals surface area contributed by atoms with Gasteiger partial charge in [-0.2, -0.15) is 0 Å². The van der Waals surface area contributed by atoms with Gasteiger partial charge in [0.2, 0.25) is 0 Å². The molecule has 0 aliphatic carbocycles. The van der Waals surface area contributed by atoms with E-state index in [4.69, 9.17) is 5.21 Å². The molecule has 0 radical (unpaired) electrons. The van der Waals surface area contributed by atoms with Crippen LogP contribution in [0, 0.1) is 0 Å². The first-order valence-corrected chi connectivity index (χ1v) is 10.2. The average Bonchev–Trinajstić information content (AvgIpc) is 2.55. The largest absolute Gasteiger partial charge is 0.317 e. The van der Waals surface area contributed by atoms with Crippen LogP contribution >= 0.6 is 0 Å². The molecule has 22 heavy (non-hydrogen) atoms. The molecule has 0 aromatic carbocycles. The first-order valence-electron chi connectivity index (χ1n) is 10.2. The molecule has 2 nitrogen and oxygen atoms in total. The molecule has 134 valence electrons. The molecular weight excluding hydrogens is 270 g/mol. The van der Waals surface area contributed by atoms with Crippen molar-refractivity contribution in [2.45, 2.75) is 129 Å². The van der Waals surface area contributed by atoms with Gasteiger partial charge in [0.15, 0.2) is 0 Å². The Labute approximate surface area is 140 Å². The highest BCUT2D eigenvalue weighted by Gasteiger charge is 2.02. The third-order valence-electron chi connectivity index (χ3n) is 4.83. The van der Waals surface area contributed by atoms with Crippen LogP contribution in [0.4, 0.5) is 0 Å². The highest BCUT2D eigenvalue weighted by Crippen LogP contribution is 2.14. The molecule has 0 amide bonds. The van der Waals surface area contributed by atoms with Gasteiger partial charge in [-0.15, -0.1) is 0 Å². The topological polar surface area (TPSA) is 32.3 Å². The van der Waals surface area contributed by atoms with Gasteiger partial charge in [0.1, 0.15) is 0 Å². The smallest absolute Gasteiger partial charge is 0.0317 e. The monoisotopic (exact) mass is 313 g/mol. The first-order chi connectivity index (χ1) is 10.8. The summed E-state index contributed by atoms with van der Waals surface area (Å²) in [5.74, 6) is 0. The van der Waals surface area contributed by atoms with E-state index >= 15 is 0 Å². The number of hydroxylamine groups is 1. The molecule has 0 aromatic rings. The fourth-order valence-electron chi connectivity index (χ4n) is 3.12. The van der Waals surface area contributed by atoms with Crippen LogP contribution in [-0.4, -0.2) is 11.2 Å². The predicted molar refractivity (Wildman–Crippen MR) is 98.5 cm³/mol.